The maximum atomic E-state index is 12.2. The topological polar surface area (TPSA) is 54.0 Å². The molecule has 19 heavy (non-hydrogen) atoms. The SMILES string of the molecule is CNc1cc(C(=O)NC2CCC(C)(C)CC2)ccn1. The Morgan fingerprint density at radius 2 is 2.05 bits per heavy atom. The largest absolute Gasteiger partial charge is 0.373 e. The van der Waals surface area contributed by atoms with Crippen molar-refractivity contribution in [3.63, 3.8) is 0 Å². The third-order valence-corrected chi connectivity index (χ3v) is 3.95. The molecule has 0 radical (unpaired) electrons. The number of nitrogens with one attached hydrogen (secondary N) is 2. The van der Waals surface area contributed by atoms with Gasteiger partial charge in [0.2, 0.25) is 0 Å². The molecule has 0 spiro atoms. The van der Waals surface area contributed by atoms with Crippen LogP contribution in [-0.4, -0.2) is 24.0 Å². The Balaban J connectivity index is 1.94. The van der Waals surface area contributed by atoms with Gasteiger partial charge in [-0.1, -0.05) is 13.8 Å². The maximum Gasteiger partial charge on any atom is 0.251 e. The Kier molecular flexibility index (Phi) is 4.08. The van der Waals surface area contributed by atoms with Gasteiger partial charge in [0.1, 0.15) is 5.82 Å². The molecule has 1 aliphatic rings. The average molecular weight is 261 g/mol. The summed E-state index contributed by atoms with van der Waals surface area (Å²) in [6.45, 7) is 4.60. The molecule has 1 amide bonds. The Bertz CT molecular complexity index is 446. The molecule has 104 valence electrons. The van der Waals surface area contributed by atoms with E-state index in [9.17, 15) is 4.79 Å². The number of aromatic nitrogens is 1. The summed E-state index contributed by atoms with van der Waals surface area (Å²) in [5, 5.41) is 6.08. The number of nitrogens with zero attached hydrogens (tertiary/aromatic N) is 1. The van der Waals surface area contributed by atoms with E-state index in [0.717, 1.165) is 18.7 Å². The van der Waals surface area contributed by atoms with Crippen molar-refractivity contribution < 1.29 is 4.79 Å². The van der Waals surface area contributed by atoms with Gasteiger partial charge in [0.05, 0.1) is 0 Å². The van der Waals surface area contributed by atoms with Crippen LogP contribution in [0.25, 0.3) is 0 Å². The molecule has 0 saturated heterocycles. The molecule has 0 aliphatic heterocycles. The predicted octanol–water partition coefficient (Wildman–Crippen LogP) is 2.82. The van der Waals surface area contributed by atoms with Gasteiger partial charge in [-0.3, -0.25) is 4.79 Å². The Morgan fingerprint density at radius 3 is 2.68 bits per heavy atom. The van der Waals surface area contributed by atoms with Gasteiger partial charge in [-0.25, -0.2) is 4.98 Å². The molecule has 2 rings (SSSR count). The second-order valence-electron chi connectivity index (χ2n) is 6.09. The lowest BCUT2D eigenvalue weighted by Crippen LogP contribution is -2.39. The van der Waals surface area contributed by atoms with Crippen molar-refractivity contribution in [2.75, 3.05) is 12.4 Å². The van der Waals surface area contributed by atoms with Crippen LogP contribution >= 0.6 is 0 Å². The summed E-state index contributed by atoms with van der Waals surface area (Å²) in [6, 6.07) is 3.84. The first kappa shape index (κ1) is 13.8. The van der Waals surface area contributed by atoms with E-state index in [1.165, 1.54) is 12.8 Å². The third kappa shape index (κ3) is 3.69. The molecule has 0 unspecified atom stereocenters. The fraction of sp³-hybridized carbons (Fsp3) is 0.600. The number of anilines is 1. The third-order valence-electron chi connectivity index (χ3n) is 3.95. The van der Waals surface area contributed by atoms with Crippen LogP contribution in [-0.2, 0) is 0 Å². The number of hydrogen-bond acceptors (Lipinski definition) is 3. The van der Waals surface area contributed by atoms with E-state index in [0.29, 0.717) is 17.0 Å². The average Bonchev–Trinajstić information content (AvgIpc) is 2.41. The van der Waals surface area contributed by atoms with Crippen molar-refractivity contribution in [3.8, 4) is 0 Å². The molecular weight excluding hydrogens is 238 g/mol. The summed E-state index contributed by atoms with van der Waals surface area (Å²) >= 11 is 0. The summed E-state index contributed by atoms with van der Waals surface area (Å²) in [4.78, 5) is 16.3. The molecule has 1 saturated carbocycles. The highest BCUT2D eigenvalue weighted by Crippen LogP contribution is 2.35. The van der Waals surface area contributed by atoms with Gasteiger partial charge in [-0.05, 0) is 43.2 Å². The Hall–Kier alpha value is -1.58. The number of carbonyl (C=O) groups is 1. The van der Waals surface area contributed by atoms with Crippen LogP contribution in [0.5, 0.6) is 0 Å². The molecule has 1 fully saturated rings. The smallest absolute Gasteiger partial charge is 0.251 e. The molecule has 1 heterocycles. The lowest BCUT2D eigenvalue weighted by Gasteiger charge is -2.34. The van der Waals surface area contributed by atoms with E-state index in [1.54, 1.807) is 25.4 Å². The van der Waals surface area contributed by atoms with Crippen molar-refractivity contribution in [1.29, 1.82) is 0 Å². The van der Waals surface area contributed by atoms with Crippen molar-refractivity contribution >= 4 is 11.7 Å². The molecule has 0 atom stereocenters. The van der Waals surface area contributed by atoms with Crippen LogP contribution in [0.1, 0.15) is 49.9 Å². The minimum Gasteiger partial charge on any atom is -0.373 e. The molecule has 2 N–H and O–H groups in total. The standard InChI is InChI=1S/C15H23N3O/c1-15(2)7-4-12(5-8-15)18-14(19)11-6-9-17-13(10-11)16-3/h6,9-10,12H,4-5,7-8H2,1-3H3,(H,16,17)(H,18,19). The number of pyridine rings is 1. The first-order valence-corrected chi connectivity index (χ1v) is 6.95. The highest BCUT2D eigenvalue weighted by molar-refractivity contribution is 5.94. The van der Waals surface area contributed by atoms with Crippen molar-refractivity contribution in [1.82, 2.24) is 10.3 Å². The molecule has 0 bridgehead atoms. The lowest BCUT2D eigenvalue weighted by molar-refractivity contribution is 0.0909. The van der Waals surface area contributed by atoms with Crippen LogP contribution in [0.3, 0.4) is 0 Å². The van der Waals surface area contributed by atoms with Crippen LogP contribution in [0.15, 0.2) is 18.3 Å². The molecule has 1 aromatic rings. The van der Waals surface area contributed by atoms with Gasteiger partial charge >= 0.3 is 0 Å². The van der Waals surface area contributed by atoms with Crippen LogP contribution in [0.4, 0.5) is 5.82 Å². The lowest BCUT2D eigenvalue weighted by atomic mass is 9.75. The predicted molar refractivity (Wildman–Crippen MR) is 77.3 cm³/mol. The quantitative estimate of drug-likeness (QED) is 0.879. The zero-order valence-corrected chi connectivity index (χ0v) is 12.0. The molecular formula is C15H23N3O. The Morgan fingerprint density at radius 1 is 1.37 bits per heavy atom. The second-order valence-corrected chi connectivity index (χ2v) is 6.09. The molecule has 0 aromatic carbocycles. The normalized spacial score (nSPS) is 18.9. The zero-order chi connectivity index (χ0) is 13.9. The first-order chi connectivity index (χ1) is 9.00. The number of rotatable bonds is 3. The van der Waals surface area contributed by atoms with Crippen LogP contribution in [0, 0.1) is 5.41 Å². The first-order valence-electron chi connectivity index (χ1n) is 6.95. The van der Waals surface area contributed by atoms with Crippen molar-refractivity contribution in [2.45, 2.75) is 45.6 Å². The minimum atomic E-state index is 0.00334. The van der Waals surface area contributed by atoms with Gasteiger partial charge in [0, 0.05) is 24.8 Å². The summed E-state index contributed by atoms with van der Waals surface area (Å²) in [7, 11) is 1.80. The van der Waals surface area contributed by atoms with Crippen molar-refractivity contribution in [3.05, 3.63) is 23.9 Å². The van der Waals surface area contributed by atoms with E-state index >= 15 is 0 Å². The van der Waals surface area contributed by atoms with Gasteiger partial charge in [-0.2, -0.15) is 0 Å². The molecule has 1 aliphatic carbocycles. The number of amides is 1. The highest BCUT2D eigenvalue weighted by Gasteiger charge is 2.27. The van der Waals surface area contributed by atoms with E-state index in [4.69, 9.17) is 0 Å². The van der Waals surface area contributed by atoms with E-state index < -0.39 is 0 Å². The summed E-state index contributed by atoms with van der Waals surface area (Å²) in [5.74, 6) is 0.723. The Labute approximate surface area is 115 Å². The molecule has 1 aromatic heterocycles. The van der Waals surface area contributed by atoms with E-state index in [2.05, 4.69) is 29.5 Å². The fourth-order valence-electron chi connectivity index (χ4n) is 2.52. The number of carbonyl (C=O) groups excluding carboxylic acids is 1. The number of hydrogen-bond donors (Lipinski definition) is 2. The molecule has 4 heteroatoms. The fourth-order valence-corrected chi connectivity index (χ4v) is 2.52. The zero-order valence-electron chi connectivity index (χ0n) is 12.0. The van der Waals surface area contributed by atoms with Crippen LogP contribution in [0.2, 0.25) is 0 Å². The summed E-state index contributed by atoms with van der Waals surface area (Å²) in [5.41, 5.74) is 1.10. The maximum absolute atomic E-state index is 12.2. The van der Waals surface area contributed by atoms with Gasteiger partial charge in [0.25, 0.3) is 5.91 Å². The van der Waals surface area contributed by atoms with E-state index in [1.807, 2.05) is 0 Å². The van der Waals surface area contributed by atoms with Crippen molar-refractivity contribution in [2.24, 2.45) is 5.41 Å². The highest BCUT2D eigenvalue weighted by atomic mass is 16.1. The second kappa shape index (κ2) is 5.59. The molecule has 4 nitrogen and oxygen atoms in total. The van der Waals surface area contributed by atoms with Gasteiger partial charge in [-0.15, -0.1) is 0 Å². The van der Waals surface area contributed by atoms with Gasteiger partial charge in [0.15, 0.2) is 0 Å². The van der Waals surface area contributed by atoms with Gasteiger partial charge < -0.3 is 10.6 Å². The van der Waals surface area contributed by atoms with Crippen LogP contribution < -0.4 is 10.6 Å². The minimum absolute atomic E-state index is 0.00334. The van der Waals surface area contributed by atoms with E-state index in [-0.39, 0.29) is 5.91 Å². The summed E-state index contributed by atoms with van der Waals surface area (Å²) in [6.07, 6.45) is 6.16. The summed E-state index contributed by atoms with van der Waals surface area (Å²) < 4.78 is 0. The monoisotopic (exact) mass is 261 g/mol.